The maximum atomic E-state index is 13.3. The highest BCUT2D eigenvalue weighted by Crippen LogP contribution is 2.28. The maximum Gasteiger partial charge on any atom is 0.250 e. The fourth-order valence-electron chi connectivity index (χ4n) is 3.90. The Balaban J connectivity index is 1.34. The zero-order chi connectivity index (χ0) is 22.1. The highest BCUT2D eigenvalue weighted by atomic mass is 19.3. The zero-order valence-corrected chi connectivity index (χ0v) is 17.2. The van der Waals surface area contributed by atoms with E-state index in [-0.39, 0.29) is 12.8 Å². The van der Waals surface area contributed by atoms with Gasteiger partial charge in [0.1, 0.15) is 29.0 Å². The first-order valence-electron chi connectivity index (χ1n) is 10.4. The third-order valence-electron chi connectivity index (χ3n) is 5.75. The molecule has 1 saturated heterocycles. The summed E-state index contributed by atoms with van der Waals surface area (Å²) in [5.41, 5.74) is 2.09. The number of fused-ring (bicyclic) bond motifs is 2. The number of alkyl halides is 2. The molecule has 9 heteroatoms. The Morgan fingerprint density at radius 3 is 2.84 bits per heavy atom. The highest BCUT2D eigenvalue weighted by molar-refractivity contribution is 5.79. The first kappa shape index (κ1) is 20.4. The predicted molar refractivity (Wildman–Crippen MR) is 114 cm³/mol. The van der Waals surface area contributed by atoms with Crippen molar-refractivity contribution in [3.05, 3.63) is 60.3 Å². The van der Waals surface area contributed by atoms with Gasteiger partial charge < -0.3 is 18.8 Å². The van der Waals surface area contributed by atoms with E-state index in [1.165, 1.54) is 0 Å². The van der Waals surface area contributed by atoms with Gasteiger partial charge in [-0.15, -0.1) is 0 Å². The Labute approximate surface area is 182 Å². The number of halogens is 2. The molecule has 0 aliphatic carbocycles. The summed E-state index contributed by atoms with van der Waals surface area (Å²) in [6.07, 6.45) is 5.28. The number of ether oxygens (including phenoxy) is 1. The Kier molecular flexibility index (Phi) is 5.26. The number of likely N-dealkylation sites (tertiary alicyclic amines) is 1. The van der Waals surface area contributed by atoms with E-state index < -0.39 is 5.92 Å². The Morgan fingerprint density at radius 1 is 1.19 bits per heavy atom. The van der Waals surface area contributed by atoms with Crippen LogP contribution in [0.25, 0.3) is 27.9 Å². The molecular weight excluding hydrogens is 418 g/mol. The fraction of sp³-hybridized carbons (Fsp3) is 0.304. The molecule has 7 nitrogen and oxygen atoms in total. The van der Waals surface area contributed by atoms with Crippen molar-refractivity contribution < 1.29 is 23.1 Å². The van der Waals surface area contributed by atoms with E-state index in [1.54, 1.807) is 30.5 Å². The molecule has 5 rings (SSSR count). The van der Waals surface area contributed by atoms with Crippen LogP contribution in [0.2, 0.25) is 0 Å². The molecule has 1 N–H and O–H groups in total. The summed E-state index contributed by atoms with van der Waals surface area (Å²) < 4.78 is 40.3. The van der Waals surface area contributed by atoms with Gasteiger partial charge in [0.25, 0.3) is 5.92 Å². The molecule has 0 spiro atoms. The minimum Gasteiger partial charge on any atom is -0.492 e. The second kappa shape index (κ2) is 8.23. The molecule has 1 aliphatic rings. The van der Waals surface area contributed by atoms with Crippen LogP contribution in [0, 0.1) is 0 Å². The van der Waals surface area contributed by atoms with Crippen LogP contribution < -0.4 is 10.1 Å². The van der Waals surface area contributed by atoms with Crippen molar-refractivity contribution in [3.8, 4) is 17.2 Å². The fourth-order valence-corrected chi connectivity index (χ4v) is 3.90. The van der Waals surface area contributed by atoms with Crippen LogP contribution in [0.3, 0.4) is 0 Å². The molecule has 1 aliphatic heterocycles. The van der Waals surface area contributed by atoms with Gasteiger partial charge in [-0.25, -0.2) is 13.8 Å². The van der Waals surface area contributed by atoms with Gasteiger partial charge in [0, 0.05) is 50.9 Å². The summed E-state index contributed by atoms with van der Waals surface area (Å²) in [5, 5.41) is 13.9. The molecule has 32 heavy (non-hydrogen) atoms. The summed E-state index contributed by atoms with van der Waals surface area (Å²) in [6, 6.07) is 10.8. The number of aromatic nitrogens is 2. The molecule has 166 valence electrons. The number of rotatable bonds is 5. The smallest absolute Gasteiger partial charge is 0.250 e. The maximum absolute atomic E-state index is 13.3. The molecule has 0 amide bonds. The third kappa shape index (κ3) is 4.16. The van der Waals surface area contributed by atoms with Gasteiger partial charge in [-0.3, -0.25) is 4.90 Å². The standard InChI is InChI=1S/C23H22F2N4O3/c24-23(25)5-8-28(9-6-23)10-11-31-17-3-4-21-18(12-17)19(27-30)13-22(32-21)20-15-29-7-1-2-16(29)14-26-20/h1-4,7,12-15,30H,5-6,8-11H2/b27-19-. The minimum atomic E-state index is -2.55. The number of nitrogens with zero attached hydrogens (tertiary/aromatic N) is 4. The highest BCUT2D eigenvalue weighted by Gasteiger charge is 2.33. The summed E-state index contributed by atoms with van der Waals surface area (Å²) in [7, 11) is 0. The summed E-state index contributed by atoms with van der Waals surface area (Å²) in [5.74, 6) is -1.50. The van der Waals surface area contributed by atoms with E-state index in [0.717, 1.165) is 5.52 Å². The van der Waals surface area contributed by atoms with Gasteiger partial charge in [0.15, 0.2) is 5.76 Å². The molecule has 3 aromatic heterocycles. The normalized spacial score (nSPS) is 17.2. The average Bonchev–Trinajstić information content (AvgIpc) is 3.27. The zero-order valence-electron chi connectivity index (χ0n) is 17.2. The van der Waals surface area contributed by atoms with Crippen molar-refractivity contribution >= 4 is 16.5 Å². The molecule has 4 heterocycles. The largest absolute Gasteiger partial charge is 0.492 e. The first-order valence-corrected chi connectivity index (χ1v) is 10.4. The Hall–Kier alpha value is -3.46. The lowest BCUT2D eigenvalue weighted by Crippen LogP contribution is -2.41. The third-order valence-corrected chi connectivity index (χ3v) is 5.75. The average molecular weight is 440 g/mol. The summed E-state index contributed by atoms with van der Waals surface area (Å²) in [6.45, 7) is 1.68. The van der Waals surface area contributed by atoms with E-state index in [4.69, 9.17) is 9.15 Å². The molecule has 0 atom stereocenters. The molecule has 1 aromatic carbocycles. The van der Waals surface area contributed by atoms with Gasteiger partial charge in [0.2, 0.25) is 0 Å². The van der Waals surface area contributed by atoms with E-state index in [2.05, 4.69) is 10.1 Å². The number of hydrogen-bond acceptors (Lipinski definition) is 6. The predicted octanol–water partition coefficient (Wildman–Crippen LogP) is 4.15. The van der Waals surface area contributed by atoms with Crippen molar-refractivity contribution in [3.63, 3.8) is 0 Å². The van der Waals surface area contributed by atoms with Gasteiger partial charge in [0.05, 0.1) is 17.1 Å². The second-order valence-corrected chi connectivity index (χ2v) is 7.91. The molecule has 1 fully saturated rings. The number of benzene rings is 1. The van der Waals surface area contributed by atoms with E-state index in [9.17, 15) is 14.0 Å². The van der Waals surface area contributed by atoms with E-state index in [1.807, 2.05) is 33.8 Å². The molecule has 0 unspecified atom stereocenters. The molecule has 0 saturated carbocycles. The summed E-state index contributed by atoms with van der Waals surface area (Å²) in [4.78, 5) is 6.40. The van der Waals surface area contributed by atoms with Gasteiger partial charge in [-0.2, -0.15) is 0 Å². The van der Waals surface area contributed by atoms with Crippen LogP contribution in [-0.2, 0) is 0 Å². The molecule has 0 bridgehead atoms. The number of hydrogen-bond donors (Lipinski definition) is 1. The van der Waals surface area contributed by atoms with Crippen molar-refractivity contribution in [2.75, 3.05) is 26.2 Å². The Morgan fingerprint density at radius 2 is 2.03 bits per heavy atom. The van der Waals surface area contributed by atoms with Crippen molar-refractivity contribution in [1.29, 1.82) is 0 Å². The molecule has 4 aromatic rings. The molecule has 0 radical (unpaired) electrons. The summed E-state index contributed by atoms with van der Waals surface area (Å²) >= 11 is 0. The van der Waals surface area contributed by atoms with Crippen LogP contribution in [0.15, 0.2) is 64.6 Å². The van der Waals surface area contributed by atoms with Crippen LogP contribution in [0.4, 0.5) is 8.78 Å². The lowest BCUT2D eigenvalue weighted by molar-refractivity contribution is -0.0564. The molecular formula is C23H22F2N4O3. The van der Waals surface area contributed by atoms with Crippen molar-refractivity contribution in [2.45, 2.75) is 18.8 Å². The topological polar surface area (TPSA) is 75.5 Å². The minimum absolute atomic E-state index is 0.111. The van der Waals surface area contributed by atoms with Crippen LogP contribution in [0.5, 0.6) is 5.75 Å². The number of piperidine rings is 1. The SMILES string of the molecule is O/N=c1/cc(-c2cn3cccc3cn2)oc2ccc(OCCN3CCC(F)(F)CC3)cc12. The monoisotopic (exact) mass is 440 g/mol. The lowest BCUT2D eigenvalue weighted by atomic mass is 10.1. The van der Waals surface area contributed by atoms with Gasteiger partial charge in [-0.1, -0.05) is 5.16 Å². The van der Waals surface area contributed by atoms with Gasteiger partial charge >= 0.3 is 0 Å². The van der Waals surface area contributed by atoms with E-state index >= 15 is 0 Å². The van der Waals surface area contributed by atoms with Crippen LogP contribution in [0.1, 0.15) is 12.8 Å². The Bertz CT molecular complexity index is 1320. The van der Waals surface area contributed by atoms with E-state index in [0.29, 0.717) is 59.8 Å². The van der Waals surface area contributed by atoms with Gasteiger partial charge in [-0.05, 0) is 30.3 Å². The quantitative estimate of drug-likeness (QED) is 0.373. The van der Waals surface area contributed by atoms with Crippen LogP contribution in [-0.4, -0.2) is 51.7 Å². The van der Waals surface area contributed by atoms with Crippen LogP contribution >= 0.6 is 0 Å². The van der Waals surface area contributed by atoms with Crippen molar-refractivity contribution in [2.24, 2.45) is 5.16 Å². The lowest BCUT2D eigenvalue weighted by Gasteiger charge is -2.31. The van der Waals surface area contributed by atoms with Crippen molar-refractivity contribution in [1.82, 2.24) is 14.3 Å². The first-order chi connectivity index (χ1) is 15.5. The second-order valence-electron chi connectivity index (χ2n) is 7.91.